The first-order chi connectivity index (χ1) is 14.6. The Bertz CT molecular complexity index is 1160. The van der Waals surface area contributed by atoms with Crippen molar-refractivity contribution in [1.29, 1.82) is 0 Å². The van der Waals surface area contributed by atoms with Crippen molar-refractivity contribution in [2.75, 3.05) is 19.6 Å². The second-order valence-corrected chi connectivity index (χ2v) is 11.1. The third kappa shape index (κ3) is 3.11. The lowest BCUT2D eigenvalue weighted by Gasteiger charge is -2.49. The van der Waals surface area contributed by atoms with Crippen LogP contribution in [-0.4, -0.2) is 43.8 Å². The van der Waals surface area contributed by atoms with Gasteiger partial charge in [-0.1, -0.05) is 0 Å². The minimum Gasteiger partial charge on any atom is -0.347 e. The molecule has 1 aromatic rings. The second-order valence-electron chi connectivity index (χ2n) is 9.16. The molecular weight excluding hydrogens is 421 g/mol. The molecule has 4 heterocycles. The van der Waals surface area contributed by atoms with Gasteiger partial charge in [-0.05, 0) is 51.0 Å². The summed E-state index contributed by atoms with van der Waals surface area (Å²) in [5, 5.41) is 14.8. The molecule has 0 radical (unpaired) electrons. The predicted molar refractivity (Wildman–Crippen MR) is 111 cm³/mol. The summed E-state index contributed by atoms with van der Waals surface area (Å²) >= 11 is 0. The normalized spacial score (nSPS) is 24.7. The Morgan fingerprint density at radius 3 is 2.48 bits per heavy atom. The minimum absolute atomic E-state index is 0.0676. The Labute approximate surface area is 180 Å². The number of hydrogen-bond donors (Lipinski definition) is 2. The summed E-state index contributed by atoms with van der Waals surface area (Å²) in [6.45, 7) is 4.86. The quantitative estimate of drug-likeness (QED) is 0.730. The van der Waals surface area contributed by atoms with E-state index in [2.05, 4.69) is 20.9 Å². The standard InChI is InChI=1S/C21H24FN5O3S/c1-20(2)11-16-17(19(28)25-20)21(15-12-23-26-18(15)24-16)7-9-27(10-8-21)31(29,30)14-5-3-13(22)4-6-14/h3-6,24H,7-12H2,1-2H3,(H,25,28). The molecule has 4 aliphatic heterocycles. The summed E-state index contributed by atoms with van der Waals surface area (Å²) in [6.07, 6.45) is 1.57. The number of dihydropyridines is 1. The molecule has 8 nitrogen and oxygen atoms in total. The molecule has 5 rings (SSSR count). The van der Waals surface area contributed by atoms with E-state index in [0.717, 1.165) is 23.4 Å². The SMILES string of the molecule is CC1(C)CC2=C(C(=O)N1)C1(CCN(S(=O)(=O)c3ccc(F)cc3)CC1)C1=C(N=NC1)N2. The van der Waals surface area contributed by atoms with Crippen LogP contribution < -0.4 is 10.6 Å². The zero-order chi connectivity index (χ0) is 22.0. The van der Waals surface area contributed by atoms with E-state index in [9.17, 15) is 17.6 Å². The third-order valence-electron chi connectivity index (χ3n) is 6.64. The average molecular weight is 446 g/mol. The summed E-state index contributed by atoms with van der Waals surface area (Å²) in [7, 11) is -3.75. The molecule has 2 N–H and O–H groups in total. The fraction of sp³-hybridized carbons (Fsp3) is 0.476. The van der Waals surface area contributed by atoms with E-state index in [4.69, 9.17) is 0 Å². The molecule has 0 bridgehead atoms. The van der Waals surface area contributed by atoms with Crippen LogP contribution in [0.3, 0.4) is 0 Å². The van der Waals surface area contributed by atoms with E-state index in [-0.39, 0.29) is 29.4 Å². The smallest absolute Gasteiger partial charge is 0.250 e. The van der Waals surface area contributed by atoms with Gasteiger partial charge in [0.15, 0.2) is 5.82 Å². The molecule has 1 spiro atoms. The van der Waals surface area contributed by atoms with Gasteiger partial charge in [0.05, 0.1) is 11.4 Å². The van der Waals surface area contributed by atoms with Gasteiger partial charge in [0.2, 0.25) is 15.9 Å². The van der Waals surface area contributed by atoms with Crippen molar-refractivity contribution in [3.63, 3.8) is 0 Å². The summed E-state index contributed by atoms with van der Waals surface area (Å²) < 4.78 is 40.8. The topological polar surface area (TPSA) is 103 Å². The Morgan fingerprint density at radius 2 is 1.81 bits per heavy atom. The number of carbonyl (C=O) groups is 1. The van der Waals surface area contributed by atoms with Crippen molar-refractivity contribution in [2.45, 2.75) is 43.5 Å². The number of fused-ring (bicyclic) bond motifs is 2. The molecule has 4 aliphatic rings. The minimum atomic E-state index is -3.75. The van der Waals surface area contributed by atoms with Crippen LogP contribution in [0.5, 0.6) is 0 Å². The van der Waals surface area contributed by atoms with Crippen LogP contribution in [0.2, 0.25) is 0 Å². The first-order valence-electron chi connectivity index (χ1n) is 10.3. The van der Waals surface area contributed by atoms with Gasteiger partial charge in [-0.2, -0.15) is 9.42 Å². The molecule has 1 amide bonds. The van der Waals surface area contributed by atoms with Crippen LogP contribution in [-0.2, 0) is 14.8 Å². The van der Waals surface area contributed by atoms with E-state index >= 15 is 0 Å². The number of nitrogens with one attached hydrogen (secondary N) is 2. The summed E-state index contributed by atoms with van der Waals surface area (Å²) in [4.78, 5) is 13.2. The molecule has 0 aliphatic carbocycles. The number of nitrogens with zero attached hydrogens (tertiary/aromatic N) is 3. The number of piperidine rings is 1. The van der Waals surface area contributed by atoms with Crippen LogP contribution in [0.1, 0.15) is 33.1 Å². The summed E-state index contributed by atoms with van der Waals surface area (Å²) in [5.74, 6) is 0.0938. The van der Waals surface area contributed by atoms with E-state index < -0.39 is 21.3 Å². The number of halogens is 1. The maximum atomic E-state index is 13.2. The van der Waals surface area contributed by atoms with Gasteiger partial charge in [0.25, 0.3) is 0 Å². The molecular formula is C21H24FN5O3S. The van der Waals surface area contributed by atoms with Gasteiger partial charge in [-0.25, -0.2) is 12.8 Å². The van der Waals surface area contributed by atoms with Crippen LogP contribution in [0.4, 0.5) is 4.39 Å². The van der Waals surface area contributed by atoms with E-state index in [1.165, 1.54) is 16.4 Å². The van der Waals surface area contributed by atoms with Gasteiger partial charge in [0, 0.05) is 47.3 Å². The third-order valence-corrected chi connectivity index (χ3v) is 8.55. The largest absolute Gasteiger partial charge is 0.347 e. The van der Waals surface area contributed by atoms with Gasteiger partial charge in [0.1, 0.15) is 5.82 Å². The predicted octanol–water partition coefficient (Wildman–Crippen LogP) is 2.43. The van der Waals surface area contributed by atoms with Crippen molar-refractivity contribution in [3.05, 3.63) is 52.7 Å². The van der Waals surface area contributed by atoms with Crippen LogP contribution >= 0.6 is 0 Å². The van der Waals surface area contributed by atoms with Crippen molar-refractivity contribution < 1.29 is 17.6 Å². The van der Waals surface area contributed by atoms with Crippen LogP contribution in [0.15, 0.2) is 62.1 Å². The van der Waals surface area contributed by atoms with Crippen molar-refractivity contribution in [2.24, 2.45) is 15.6 Å². The summed E-state index contributed by atoms with van der Waals surface area (Å²) in [5.41, 5.74) is 1.53. The highest BCUT2D eigenvalue weighted by Gasteiger charge is 2.53. The number of carbonyl (C=O) groups excluding carboxylic acids is 1. The fourth-order valence-corrected chi connectivity index (χ4v) is 6.64. The Kier molecular flexibility index (Phi) is 4.39. The van der Waals surface area contributed by atoms with Gasteiger partial charge < -0.3 is 10.6 Å². The zero-order valence-electron chi connectivity index (χ0n) is 17.4. The Morgan fingerprint density at radius 1 is 1.13 bits per heavy atom. The maximum Gasteiger partial charge on any atom is 0.250 e. The van der Waals surface area contributed by atoms with Crippen molar-refractivity contribution in [3.8, 4) is 0 Å². The van der Waals surface area contributed by atoms with Crippen molar-refractivity contribution >= 4 is 15.9 Å². The molecule has 0 unspecified atom stereocenters. The molecule has 0 atom stereocenters. The summed E-state index contributed by atoms with van der Waals surface area (Å²) in [6, 6.07) is 4.86. The lowest BCUT2D eigenvalue weighted by Crippen LogP contribution is -2.56. The number of hydrogen-bond acceptors (Lipinski definition) is 6. The average Bonchev–Trinajstić information content (AvgIpc) is 3.16. The lowest BCUT2D eigenvalue weighted by atomic mass is 9.63. The molecule has 31 heavy (non-hydrogen) atoms. The zero-order valence-corrected chi connectivity index (χ0v) is 18.2. The van der Waals surface area contributed by atoms with Gasteiger partial charge in [-0.3, -0.25) is 4.79 Å². The molecule has 10 heteroatoms. The van der Waals surface area contributed by atoms with E-state index in [1.54, 1.807) is 0 Å². The molecule has 0 saturated carbocycles. The molecule has 1 fully saturated rings. The first-order valence-corrected chi connectivity index (χ1v) is 11.8. The number of azo groups is 1. The first kappa shape index (κ1) is 20.3. The lowest BCUT2D eigenvalue weighted by molar-refractivity contribution is -0.121. The number of rotatable bonds is 2. The number of amides is 1. The number of sulfonamides is 1. The second kappa shape index (κ2) is 6.70. The van der Waals surface area contributed by atoms with Crippen molar-refractivity contribution in [1.82, 2.24) is 14.9 Å². The van der Waals surface area contributed by atoms with Gasteiger partial charge in [-0.15, -0.1) is 5.11 Å². The molecule has 0 aromatic heterocycles. The van der Waals surface area contributed by atoms with Crippen LogP contribution in [0, 0.1) is 11.2 Å². The highest BCUT2D eigenvalue weighted by atomic mass is 32.2. The number of benzene rings is 1. The molecule has 164 valence electrons. The van der Waals surface area contributed by atoms with Crippen LogP contribution in [0.25, 0.3) is 0 Å². The fourth-order valence-electron chi connectivity index (χ4n) is 5.19. The Hall–Kier alpha value is -2.59. The maximum absolute atomic E-state index is 13.2. The highest BCUT2D eigenvalue weighted by molar-refractivity contribution is 7.89. The Balaban J connectivity index is 1.49. The van der Waals surface area contributed by atoms with E-state index in [1.807, 2.05) is 13.8 Å². The molecule has 1 aromatic carbocycles. The van der Waals surface area contributed by atoms with Gasteiger partial charge >= 0.3 is 0 Å². The molecule has 1 saturated heterocycles. The highest BCUT2D eigenvalue weighted by Crippen LogP contribution is 2.53. The van der Waals surface area contributed by atoms with E-state index in [0.29, 0.717) is 37.2 Å². The monoisotopic (exact) mass is 445 g/mol.